The van der Waals surface area contributed by atoms with E-state index >= 15 is 0 Å². The molecule has 6 heteroatoms. The molecule has 2 heterocycles. The zero-order valence-corrected chi connectivity index (χ0v) is 17.1. The molecule has 0 unspecified atom stereocenters. The van der Waals surface area contributed by atoms with Gasteiger partial charge in [0.15, 0.2) is 11.5 Å². The molecule has 2 aromatic carbocycles. The van der Waals surface area contributed by atoms with Crippen molar-refractivity contribution in [2.45, 2.75) is 39.8 Å². The van der Waals surface area contributed by atoms with Crippen LogP contribution in [0.5, 0.6) is 11.5 Å². The lowest BCUT2D eigenvalue weighted by atomic mass is 10.1. The molecular formula is C23H25N3O3. The van der Waals surface area contributed by atoms with Crippen LogP contribution in [-0.4, -0.2) is 29.9 Å². The molecule has 150 valence electrons. The number of aromatic nitrogens is 1. The summed E-state index contributed by atoms with van der Waals surface area (Å²) in [7, 11) is 0. The minimum atomic E-state index is -0.174. The van der Waals surface area contributed by atoms with Crippen molar-refractivity contribution in [3.63, 3.8) is 0 Å². The normalized spacial score (nSPS) is 12.6. The Balaban J connectivity index is 1.95. The third-order valence-corrected chi connectivity index (χ3v) is 4.75. The van der Waals surface area contributed by atoms with Gasteiger partial charge in [-0.25, -0.2) is 9.78 Å². The number of pyridine rings is 1. The Hall–Kier alpha value is -3.28. The minimum absolute atomic E-state index is 0.0216. The summed E-state index contributed by atoms with van der Waals surface area (Å²) in [6, 6.07) is 15.6. The van der Waals surface area contributed by atoms with Crippen molar-refractivity contribution >= 4 is 22.6 Å². The molecule has 29 heavy (non-hydrogen) atoms. The third kappa shape index (κ3) is 3.70. The van der Waals surface area contributed by atoms with E-state index in [4.69, 9.17) is 14.5 Å². The summed E-state index contributed by atoms with van der Waals surface area (Å²) in [5.41, 5.74) is 1.79. The molecule has 4 rings (SSSR count). The van der Waals surface area contributed by atoms with Gasteiger partial charge in [0.1, 0.15) is 5.82 Å². The van der Waals surface area contributed by atoms with Gasteiger partial charge in [0, 0.05) is 23.0 Å². The number of nitrogens with zero attached hydrogens (tertiary/aromatic N) is 2. The fourth-order valence-corrected chi connectivity index (χ4v) is 3.46. The average Bonchev–Trinajstić information content (AvgIpc) is 3.13. The first-order chi connectivity index (χ1) is 13.9. The Kier molecular flexibility index (Phi) is 5.01. The molecule has 0 spiro atoms. The summed E-state index contributed by atoms with van der Waals surface area (Å²) in [4.78, 5) is 19.7. The Bertz CT molecular complexity index is 1050. The highest BCUT2D eigenvalue weighted by Crippen LogP contribution is 2.40. The summed E-state index contributed by atoms with van der Waals surface area (Å²) in [6.45, 7) is 8.05. The highest BCUT2D eigenvalue weighted by molar-refractivity contribution is 6.04. The highest BCUT2D eigenvalue weighted by Gasteiger charge is 2.26. The van der Waals surface area contributed by atoms with Gasteiger partial charge in [-0.3, -0.25) is 4.90 Å². The molecular weight excluding hydrogens is 366 g/mol. The van der Waals surface area contributed by atoms with Gasteiger partial charge in [0.2, 0.25) is 6.79 Å². The van der Waals surface area contributed by atoms with Crippen LogP contribution in [0.25, 0.3) is 22.0 Å². The summed E-state index contributed by atoms with van der Waals surface area (Å²) in [5, 5.41) is 4.78. The molecule has 3 aromatic rings. The number of benzene rings is 2. The van der Waals surface area contributed by atoms with Gasteiger partial charge < -0.3 is 14.8 Å². The van der Waals surface area contributed by atoms with E-state index in [-0.39, 0.29) is 24.9 Å². The lowest BCUT2D eigenvalue weighted by molar-refractivity contribution is 0.174. The van der Waals surface area contributed by atoms with Crippen LogP contribution in [0.1, 0.15) is 27.7 Å². The van der Waals surface area contributed by atoms with Crippen LogP contribution in [0.3, 0.4) is 0 Å². The topological polar surface area (TPSA) is 63.7 Å². The van der Waals surface area contributed by atoms with Gasteiger partial charge in [-0.15, -0.1) is 0 Å². The van der Waals surface area contributed by atoms with E-state index in [1.165, 1.54) is 0 Å². The number of nitrogens with one attached hydrogen (secondary N) is 1. The number of carbonyl (C=O) groups is 1. The van der Waals surface area contributed by atoms with Crippen LogP contribution in [0.2, 0.25) is 0 Å². The van der Waals surface area contributed by atoms with Gasteiger partial charge in [0.25, 0.3) is 0 Å². The van der Waals surface area contributed by atoms with Gasteiger partial charge in [-0.05, 0) is 51.3 Å². The van der Waals surface area contributed by atoms with E-state index in [0.29, 0.717) is 17.3 Å². The van der Waals surface area contributed by atoms with Crippen molar-refractivity contribution in [1.82, 2.24) is 10.3 Å². The van der Waals surface area contributed by atoms with Crippen molar-refractivity contribution in [1.29, 1.82) is 0 Å². The van der Waals surface area contributed by atoms with Crippen molar-refractivity contribution in [2.75, 3.05) is 11.7 Å². The maximum atomic E-state index is 13.0. The number of rotatable bonds is 4. The number of carbonyl (C=O) groups excluding carboxylic acids is 1. The van der Waals surface area contributed by atoms with E-state index in [1.54, 1.807) is 4.90 Å². The molecule has 1 aromatic heterocycles. The van der Waals surface area contributed by atoms with E-state index in [2.05, 4.69) is 5.32 Å². The molecule has 0 bridgehead atoms. The fourth-order valence-electron chi connectivity index (χ4n) is 3.46. The first kappa shape index (κ1) is 19.1. The zero-order valence-electron chi connectivity index (χ0n) is 17.1. The van der Waals surface area contributed by atoms with E-state index in [0.717, 1.165) is 22.0 Å². The number of fused-ring (bicyclic) bond motifs is 2. The molecule has 2 amide bonds. The maximum Gasteiger partial charge on any atom is 0.323 e. The molecule has 6 nitrogen and oxygen atoms in total. The lowest BCUT2D eigenvalue weighted by Gasteiger charge is -2.28. The van der Waals surface area contributed by atoms with Gasteiger partial charge in [-0.1, -0.05) is 30.3 Å². The van der Waals surface area contributed by atoms with Crippen LogP contribution >= 0.6 is 0 Å². The Morgan fingerprint density at radius 3 is 2.38 bits per heavy atom. The highest BCUT2D eigenvalue weighted by atomic mass is 16.7. The van der Waals surface area contributed by atoms with E-state index in [9.17, 15) is 4.79 Å². The van der Waals surface area contributed by atoms with Crippen LogP contribution in [-0.2, 0) is 0 Å². The molecule has 0 atom stereocenters. The van der Waals surface area contributed by atoms with Crippen molar-refractivity contribution in [3.8, 4) is 22.8 Å². The van der Waals surface area contributed by atoms with E-state index < -0.39 is 0 Å². The first-order valence-corrected chi connectivity index (χ1v) is 9.83. The second-order valence-electron chi connectivity index (χ2n) is 7.69. The van der Waals surface area contributed by atoms with E-state index in [1.807, 2.05) is 76.2 Å². The van der Waals surface area contributed by atoms with Crippen molar-refractivity contribution in [3.05, 3.63) is 48.5 Å². The molecule has 0 fully saturated rings. The Morgan fingerprint density at radius 1 is 1.03 bits per heavy atom. The Morgan fingerprint density at radius 2 is 1.72 bits per heavy atom. The molecule has 0 aliphatic carbocycles. The third-order valence-electron chi connectivity index (χ3n) is 4.75. The zero-order chi connectivity index (χ0) is 20.5. The van der Waals surface area contributed by atoms with Crippen LogP contribution in [0.4, 0.5) is 10.6 Å². The Labute approximate surface area is 170 Å². The van der Waals surface area contributed by atoms with Gasteiger partial charge in [0.05, 0.1) is 5.69 Å². The lowest BCUT2D eigenvalue weighted by Crippen LogP contribution is -2.47. The van der Waals surface area contributed by atoms with Crippen LogP contribution in [0, 0.1) is 0 Å². The molecule has 1 aliphatic heterocycles. The second kappa shape index (κ2) is 7.62. The summed E-state index contributed by atoms with van der Waals surface area (Å²) < 4.78 is 11.1. The smallest absolute Gasteiger partial charge is 0.323 e. The quantitative estimate of drug-likeness (QED) is 0.682. The monoisotopic (exact) mass is 391 g/mol. The fraction of sp³-hybridized carbons (Fsp3) is 0.304. The van der Waals surface area contributed by atoms with Crippen LogP contribution in [0.15, 0.2) is 48.5 Å². The first-order valence-electron chi connectivity index (χ1n) is 9.83. The SMILES string of the molecule is CC(C)NC(=O)N(c1nc(-c2ccccc2)cc2cc3c(cc12)OCO3)C(C)C. The van der Waals surface area contributed by atoms with Gasteiger partial charge in [-0.2, -0.15) is 0 Å². The van der Waals surface area contributed by atoms with Crippen molar-refractivity contribution < 1.29 is 14.3 Å². The predicted octanol–water partition coefficient (Wildman–Crippen LogP) is 4.96. The number of urea groups is 1. The molecule has 1 N–H and O–H groups in total. The average molecular weight is 391 g/mol. The summed E-state index contributed by atoms with van der Waals surface area (Å²) >= 11 is 0. The number of anilines is 1. The standard InChI is InChI=1S/C23H25N3O3/c1-14(2)24-23(27)26(15(3)4)22-18-12-21-20(28-13-29-21)11-17(18)10-19(25-22)16-8-6-5-7-9-16/h5-12,14-15H,13H2,1-4H3,(H,24,27). The molecule has 0 saturated carbocycles. The second-order valence-corrected chi connectivity index (χ2v) is 7.69. The van der Waals surface area contributed by atoms with Gasteiger partial charge >= 0.3 is 6.03 Å². The number of hydrogen-bond donors (Lipinski definition) is 1. The number of amides is 2. The predicted molar refractivity (Wildman–Crippen MR) is 115 cm³/mol. The largest absolute Gasteiger partial charge is 0.454 e. The van der Waals surface area contributed by atoms with Crippen LogP contribution < -0.4 is 19.7 Å². The summed E-state index contributed by atoms with van der Waals surface area (Å²) in [5.74, 6) is 1.98. The molecule has 0 saturated heterocycles. The van der Waals surface area contributed by atoms with Crippen molar-refractivity contribution in [2.24, 2.45) is 0 Å². The molecule has 0 radical (unpaired) electrons. The number of ether oxygens (including phenoxy) is 2. The summed E-state index contributed by atoms with van der Waals surface area (Å²) in [6.07, 6.45) is 0. The minimum Gasteiger partial charge on any atom is -0.454 e. The number of hydrogen-bond acceptors (Lipinski definition) is 4. The molecule has 1 aliphatic rings. The maximum absolute atomic E-state index is 13.0.